The van der Waals surface area contributed by atoms with E-state index in [0.29, 0.717) is 6.54 Å². The SMILES string of the molecule is COC(=O)C(CNc1ccccc1C)c1ccccc1. The first-order chi connectivity index (χ1) is 9.72. The number of carbonyl (C=O) groups excluding carboxylic acids is 1. The van der Waals surface area contributed by atoms with Crippen molar-refractivity contribution in [3.63, 3.8) is 0 Å². The molecule has 0 saturated heterocycles. The fourth-order valence-corrected chi connectivity index (χ4v) is 2.15. The molecule has 0 aliphatic rings. The Kier molecular flexibility index (Phi) is 4.77. The highest BCUT2D eigenvalue weighted by Gasteiger charge is 2.21. The van der Waals surface area contributed by atoms with Crippen LogP contribution in [0.15, 0.2) is 54.6 Å². The highest BCUT2D eigenvalue weighted by molar-refractivity contribution is 5.79. The minimum atomic E-state index is -0.305. The van der Waals surface area contributed by atoms with Crippen LogP contribution in [0.4, 0.5) is 5.69 Å². The lowest BCUT2D eigenvalue weighted by molar-refractivity contribution is -0.142. The molecule has 2 aromatic rings. The zero-order valence-corrected chi connectivity index (χ0v) is 11.8. The molecule has 0 radical (unpaired) electrons. The van der Waals surface area contributed by atoms with Crippen molar-refractivity contribution in [1.29, 1.82) is 0 Å². The van der Waals surface area contributed by atoms with Gasteiger partial charge >= 0.3 is 5.97 Å². The van der Waals surface area contributed by atoms with Crippen LogP contribution in [0.5, 0.6) is 0 Å². The van der Waals surface area contributed by atoms with Gasteiger partial charge in [0.15, 0.2) is 0 Å². The van der Waals surface area contributed by atoms with Crippen molar-refractivity contribution in [3.8, 4) is 0 Å². The molecule has 0 aliphatic heterocycles. The van der Waals surface area contributed by atoms with E-state index in [0.717, 1.165) is 16.8 Å². The number of hydrogen-bond acceptors (Lipinski definition) is 3. The molecule has 3 nitrogen and oxygen atoms in total. The predicted octanol–water partition coefficient (Wildman–Crippen LogP) is 3.36. The van der Waals surface area contributed by atoms with E-state index >= 15 is 0 Å². The summed E-state index contributed by atoms with van der Waals surface area (Å²) in [4.78, 5) is 12.0. The van der Waals surface area contributed by atoms with Crippen molar-refractivity contribution in [2.45, 2.75) is 12.8 Å². The monoisotopic (exact) mass is 269 g/mol. The number of esters is 1. The summed E-state index contributed by atoms with van der Waals surface area (Å²) in [7, 11) is 1.42. The maximum atomic E-state index is 12.0. The van der Waals surface area contributed by atoms with E-state index in [1.165, 1.54) is 7.11 Å². The lowest BCUT2D eigenvalue weighted by atomic mass is 9.99. The van der Waals surface area contributed by atoms with Crippen molar-refractivity contribution < 1.29 is 9.53 Å². The van der Waals surface area contributed by atoms with Gasteiger partial charge in [-0.15, -0.1) is 0 Å². The second-order valence-electron chi connectivity index (χ2n) is 4.68. The summed E-state index contributed by atoms with van der Waals surface area (Å²) in [5.41, 5.74) is 3.15. The maximum absolute atomic E-state index is 12.0. The van der Waals surface area contributed by atoms with Crippen molar-refractivity contribution in [2.24, 2.45) is 0 Å². The van der Waals surface area contributed by atoms with Crippen LogP contribution in [-0.4, -0.2) is 19.6 Å². The minimum Gasteiger partial charge on any atom is -0.468 e. The molecule has 0 saturated carbocycles. The predicted molar refractivity (Wildman–Crippen MR) is 80.9 cm³/mol. The summed E-state index contributed by atoms with van der Waals surface area (Å²) in [6.07, 6.45) is 0. The number of carbonyl (C=O) groups is 1. The van der Waals surface area contributed by atoms with Crippen molar-refractivity contribution >= 4 is 11.7 Å². The summed E-state index contributed by atoms with van der Waals surface area (Å²) in [6, 6.07) is 17.7. The van der Waals surface area contributed by atoms with Gasteiger partial charge in [0.25, 0.3) is 0 Å². The first-order valence-corrected chi connectivity index (χ1v) is 6.64. The van der Waals surface area contributed by atoms with E-state index in [1.807, 2.05) is 61.5 Å². The molecule has 0 aliphatic carbocycles. The number of rotatable bonds is 5. The average molecular weight is 269 g/mol. The average Bonchev–Trinajstić information content (AvgIpc) is 2.50. The number of methoxy groups -OCH3 is 1. The Balaban J connectivity index is 2.14. The molecule has 0 spiro atoms. The van der Waals surface area contributed by atoms with Crippen LogP contribution in [0.1, 0.15) is 17.0 Å². The van der Waals surface area contributed by atoms with Gasteiger partial charge in [-0.05, 0) is 24.1 Å². The molecule has 0 aromatic heterocycles. The summed E-state index contributed by atoms with van der Waals surface area (Å²) in [5, 5.41) is 3.33. The van der Waals surface area contributed by atoms with Crippen LogP contribution in [0.25, 0.3) is 0 Å². The molecule has 20 heavy (non-hydrogen) atoms. The second kappa shape index (κ2) is 6.75. The third-order valence-corrected chi connectivity index (χ3v) is 3.33. The van der Waals surface area contributed by atoms with E-state index in [-0.39, 0.29) is 11.9 Å². The molecule has 0 heterocycles. The highest BCUT2D eigenvalue weighted by Crippen LogP contribution is 2.20. The first-order valence-electron chi connectivity index (χ1n) is 6.64. The van der Waals surface area contributed by atoms with E-state index in [9.17, 15) is 4.79 Å². The molecule has 1 atom stereocenters. The van der Waals surface area contributed by atoms with Gasteiger partial charge in [0.2, 0.25) is 0 Å². The van der Waals surface area contributed by atoms with Gasteiger partial charge in [-0.1, -0.05) is 48.5 Å². The van der Waals surface area contributed by atoms with Gasteiger partial charge in [-0.25, -0.2) is 0 Å². The third-order valence-electron chi connectivity index (χ3n) is 3.33. The molecule has 3 heteroatoms. The van der Waals surface area contributed by atoms with Crippen LogP contribution in [-0.2, 0) is 9.53 Å². The first kappa shape index (κ1) is 14.1. The van der Waals surface area contributed by atoms with E-state index in [4.69, 9.17) is 4.74 Å². The van der Waals surface area contributed by atoms with Gasteiger partial charge in [-0.2, -0.15) is 0 Å². The number of benzene rings is 2. The summed E-state index contributed by atoms with van der Waals surface area (Å²) in [6.45, 7) is 2.56. The normalized spacial score (nSPS) is 11.7. The Morgan fingerprint density at radius 3 is 2.40 bits per heavy atom. The maximum Gasteiger partial charge on any atom is 0.314 e. The lowest BCUT2D eigenvalue weighted by Crippen LogP contribution is -2.22. The number of hydrogen-bond donors (Lipinski definition) is 1. The third kappa shape index (κ3) is 3.38. The summed E-state index contributed by atoms with van der Waals surface area (Å²) < 4.78 is 4.91. The lowest BCUT2D eigenvalue weighted by Gasteiger charge is -2.17. The van der Waals surface area contributed by atoms with Crippen LogP contribution in [0.3, 0.4) is 0 Å². The van der Waals surface area contributed by atoms with Gasteiger partial charge in [0.1, 0.15) is 0 Å². The standard InChI is InChI=1S/C17H19NO2/c1-13-8-6-7-11-16(13)18-12-15(17(19)20-2)14-9-4-3-5-10-14/h3-11,15,18H,12H2,1-2H3. The van der Waals surface area contributed by atoms with E-state index in [1.54, 1.807) is 0 Å². The quantitative estimate of drug-likeness (QED) is 0.846. The van der Waals surface area contributed by atoms with Crippen molar-refractivity contribution in [2.75, 3.05) is 19.0 Å². The summed E-state index contributed by atoms with van der Waals surface area (Å²) >= 11 is 0. The Bertz CT molecular complexity index is 566. The van der Waals surface area contributed by atoms with Crippen molar-refractivity contribution in [1.82, 2.24) is 0 Å². The van der Waals surface area contributed by atoms with Gasteiger partial charge in [0, 0.05) is 12.2 Å². The Hall–Kier alpha value is -2.29. The zero-order valence-electron chi connectivity index (χ0n) is 11.8. The number of aryl methyl sites for hydroxylation is 1. The van der Waals surface area contributed by atoms with Crippen LogP contribution < -0.4 is 5.32 Å². The number of anilines is 1. The van der Waals surface area contributed by atoms with Gasteiger partial charge in [0.05, 0.1) is 13.0 Å². The van der Waals surface area contributed by atoms with Crippen LogP contribution >= 0.6 is 0 Å². The topological polar surface area (TPSA) is 38.3 Å². The molecule has 1 unspecified atom stereocenters. The number of nitrogens with one attached hydrogen (secondary N) is 1. The second-order valence-corrected chi connectivity index (χ2v) is 4.68. The van der Waals surface area contributed by atoms with Gasteiger partial charge < -0.3 is 10.1 Å². The smallest absolute Gasteiger partial charge is 0.314 e. The molecule has 2 aromatic carbocycles. The molecule has 1 N–H and O–H groups in total. The molecule has 104 valence electrons. The highest BCUT2D eigenvalue weighted by atomic mass is 16.5. The summed E-state index contributed by atoms with van der Waals surface area (Å²) in [5.74, 6) is -0.530. The van der Waals surface area contributed by atoms with E-state index < -0.39 is 0 Å². The molecule has 0 amide bonds. The molecular formula is C17H19NO2. The number of para-hydroxylation sites is 1. The Morgan fingerprint density at radius 1 is 1.10 bits per heavy atom. The van der Waals surface area contributed by atoms with E-state index in [2.05, 4.69) is 5.32 Å². The largest absolute Gasteiger partial charge is 0.468 e. The van der Waals surface area contributed by atoms with Crippen LogP contribution in [0.2, 0.25) is 0 Å². The Labute approximate surface area is 119 Å². The zero-order chi connectivity index (χ0) is 14.4. The molecular weight excluding hydrogens is 250 g/mol. The molecule has 2 rings (SSSR count). The fourth-order valence-electron chi connectivity index (χ4n) is 2.15. The molecule has 0 bridgehead atoms. The van der Waals surface area contributed by atoms with Crippen molar-refractivity contribution in [3.05, 3.63) is 65.7 Å². The fraction of sp³-hybridized carbons (Fsp3) is 0.235. The minimum absolute atomic E-state index is 0.225. The Morgan fingerprint density at radius 2 is 1.75 bits per heavy atom. The van der Waals surface area contributed by atoms with Crippen LogP contribution in [0, 0.1) is 6.92 Å². The molecule has 0 fully saturated rings. The van der Waals surface area contributed by atoms with Gasteiger partial charge in [-0.3, -0.25) is 4.79 Å². The number of ether oxygens (including phenoxy) is 1.